The van der Waals surface area contributed by atoms with Crippen LogP contribution in [-0.4, -0.2) is 28.5 Å². The van der Waals surface area contributed by atoms with Crippen LogP contribution >= 0.6 is 0 Å². The number of carbonyl (C=O) groups excluding carboxylic acids is 1. The van der Waals surface area contributed by atoms with Gasteiger partial charge in [-0.1, -0.05) is 30.3 Å². The third kappa shape index (κ3) is 3.89. The molecule has 0 unspecified atom stereocenters. The summed E-state index contributed by atoms with van der Waals surface area (Å²) in [7, 11) is 0. The van der Waals surface area contributed by atoms with Crippen molar-refractivity contribution in [3.63, 3.8) is 0 Å². The Bertz CT molecular complexity index is 654. The summed E-state index contributed by atoms with van der Waals surface area (Å²) in [6, 6.07) is 12.7. The molecule has 21 heavy (non-hydrogen) atoms. The third-order valence-corrected chi connectivity index (χ3v) is 3.09. The number of aromatic nitrogens is 1. The predicted octanol–water partition coefficient (Wildman–Crippen LogP) is 2.06. The SMILES string of the molecule is Cc1nc(C(=O)NCCc2ccccc2)ccc1C(=O)O. The Labute approximate surface area is 122 Å². The summed E-state index contributed by atoms with van der Waals surface area (Å²) in [4.78, 5) is 26.9. The lowest BCUT2D eigenvalue weighted by atomic mass is 10.1. The number of pyridine rings is 1. The normalized spacial score (nSPS) is 10.1. The van der Waals surface area contributed by atoms with Gasteiger partial charge in [0.05, 0.1) is 11.3 Å². The van der Waals surface area contributed by atoms with E-state index in [-0.39, 0.29) is 17.2 Å². The first-order chi connectivity index (χ1) is 10.1. The topological polar surface area (TPSA) is 79.3 Å². The monoisotopic (exact) mass is 284 g/mol. The molecular weight excluding hydrogens is 268 g/mol. The molecule has 1 amide bonds. The average Bonchev–Trinajstić information content (AvgIpc) is 2.47. The van der Waals surface area contributed by atoms with Crippen LogP contribution < -0.4 is 5.32 Å². The highest BCUT2D eigenvalue weighted by Crippen LogP contribution is 2.07. The van der Waals surface area contributed by atoms with Crippen molar-refractivity contribution in [3.8, 4) is 0 Å². The molecule has 2 aromatic rings. The van der Waals surface area contributed by atoms with Gasteiger partial charge in [-0.3, -0.25) is 4.79 Å². The standard InChI is InChI=1S/C16H16N2O3/c1-11-13(16(20)21)7-8-14(18-11)15(19)17-10-9-12-5-3-2-4-6-12/h2-8H,9-10H2,1H3,(H,17,19)(H,20,21). The molecule has 0 spiro atoms. The number of nitrogens with zero attached hydrogens (tertiary/aromatic N) is 1. The first-order valence-electron chi connectivity index (χ1n) is 6.61. The molecule has 0 saturated carbocycles. The number of hydrogen-bond acceptors (Lipinski definition) is 3. The van der Waals surface area contributed by atoms with Crippen molar-refractivity contribution in [3.05, 3.63) is 65.0 Å². The van der Waals surface area contributed by atoms with E-state index >= 15 is 0 Å². The highest BCUT2D eigenvalue weighted by atomic mass is 16.4. The Morgan fingerprint density at radius 1 is 1.14 bits per heavy atom. The number of rotatable bonds is 5. The van der Waals surface area contributed by atoms with E-state index in [4.69, 9.17) is 5.11 Å². The molecule has 1 heterocycles. The van der Waals surface area contributed by atoms with Crippen LogP contribution in [-0.2, 0) is 6.42 Å². The molecule has 0 aliphatic carbocycles. The van der Waals surface area contributed by atoms with Crippen LogP contribution in [0.3, 0.4) is 0 Å². The Hall–Kier alpha value is -2.69. The molecule has 0 fully saturated rings. The lowest BCUT2D eigenvalue weighted by molar-refractivity contribution is 0.0694. The maximum absolute atomic E-state index is 11.9. The maximum Gasteiger partial charge on any atom is 0.337 e. The molecule has 0 saturated heterocycles. The van der Waals surface area contributed by atoms with Gasteiger partial charge in [0.25, 0.3) is 5.91 Å². The quantitative estimate of drug-likeness (QED) is 0.880. The van der Waals surface area contributed by atoms with E-state index in [2.05, 4.69) is 10.3 Å². The van der Waals surface area contributed by atoms with E-state index in [1.54, 1.807) is 6.92 Å². The zero-order chi connectivity index (χ0) is 15.2. The van der Waals surface area contributed by atoms with Crippen molar-refractivity contribution in [2.75, 3.05) is 6.54 Å². The van der Waals surface area contributed by atoms with Crippen LogP contribution in [0.15, 0.2) is 42.5 Å². The van der Waals surface area contributed by atoms with Gasteiger partial charge in [0.2, 0.25) is 0 Å². The summed E-state index contributed by atoms with van der Waals surface area (Å²) in [6.07, 6.45) is 0.735. The van der Waals surface area contributed by atoms with Crippen molar-refractivity contribution >= 4 is 11.9 Å². The van der Waals surface area contributed by atoms with Gasteiger partial charge >= 0.3 is 5.97 Å². The van der Waals surface area contributed by atoms with Crippen LogP contribution in [0.2, 0.25) is 0 Å². The molecular formula is C16H16N2O3. The molecule has 5 nitrogen and oxygen atoms in total. The van der Waals surface area contributed by atoms with E-state index in [1.807, 2.05) is 30.3 Å². The Balaban J connectivity index is 1.94. The van der Waals surface area contributed by atoms with Gasteiger partial charge < -0.3 is 10.4 Å². The van der Waals surface area contributed by atoms with Gasteiger partial charge in [0.1, 0.15) is 5.69 Å². The fourth-order valence-corrected chi connectivity index (χ4v) is 1.97. The number of aryl methyl sites for hydroxylation is 1. The summed E-state index contributed by atoms with van der Waals surface area (Å²) in [6.45, 7) is 2.08. The van der Waals surface area contributed by atoms with Gasteiger partial charge in [-0.2, -0.15) is 0 Å². The zero-order valence-electron chi connectivity index (χ0n) is 11.7. The average molecular weight is 284 g/mol. The number of nitrogens with one attached hydrogen (secondary N) is 1. The lowest BCUT2D eigenvalue weighted by Gasteiger charge is -2.06. The molecule has 0 atom stereocenters. The highest BCUT2D eigenvalue weighted by Gasteiger charge is 2.12. The van der Waals surface area contributed by atoms with Crippen LogP contribution in [0, 0.1) is 6.92 Å². The van der Waals surface area contributed by atoms with Gasteiger partial charge in [-0.15, -0.1) is 0 Å². The molecule has 1 aromatic carbocycles. The Morgan fingerprint density at radius 2 is 1.86 bits per heavy atom. The Morgan fingerprint density at radius 3 is 2.48 bits per heavy atom. The van der Waals surface area contributed by atoms with Gasteiger partial charge in [0, 0.05) is 6.54 Å². The zero-order valence-corrected chi connectivity index (χ0v) is 11.7. The molecule has 0 aliphatic heterocycles. The van der Waals surface area contributed by atoms with Crippen LogP contribution in [0.5, 0.6) is 0 Å². The second-order valence-corrected chi connectivity index (χ2v) is 4.63. The fourth-order valence-electron chi connectivity index (χ4n) is 1.97. The molecule has 0 aliphatic rings. The molecule has 5 heteroatoms. The van der Waals surface area contributed by atoms with Gasteiger partial charge in [-0.25, -0.2) is 9.78 Å². The maximum atomic E-state index is 11.9. The Kier molecular flexibility index (Phi) is 4.66. The predicted molar refractivity (Wildman–Crippen MR) is 78.4 cm³/mol. The van der Waals surface area contributed by atoms with Gasteiger partial charge in [-0.05, 0) is 31.0 Å². The molecule has 1 aromatic heterocycles. The number of carbonyl (C=O) groups is 2. The molecule has 0 bridgehead atoms. The third-order valence-electron chi connectivity index (χ3n) is 3.09. The first-order valence-corrected chi connectivity index (χ1v) is 6.61. The number of benzene rings is 1. The number of hydrogen-bond donors (Lipinski definition) is 2. The van der Waals surface area contributed by atoms with Crippen molar-refractivity contribution in [2.24, 2.45) is 0 Å². The van der Waals surface area contributed by atoms with Crippen LogP contribution in [0.1, 0.15) is 32.1 Å². The second kappa shape index (κ2) is 6.65. The first kappa shape index (κ1) is 14.7. The van der Waals surface area contributed by atoms with Crippen LogP contribution in [0.4, 0.5) is 0 Å². The molecule has 2 N–H and O–H groups in total. The van der Waals surface area contributed by atoms with Crippen molar-refractivity contribution in [1.82, 2.24) is 10.3 Å². The second-order valence-electron chi connectivity index (χ2n) is 4.63. The number of amides is 1. The van der Waals surface area contributed by atoms with E-state index in [0.717, 1.165) is 12.0 Å². The fraction of sp³-hybridized carbons (Fsp3) is 0.188. The highest BCUT2D eigenvalue weighted by molar-refractivity contribution is 5.94. The van der Waals surface area contributed by atoms with Gasteiger partial charge in [0.15, 0.2) is 0 Å². The summed E-state index contributed by atoms with van der Waals surface area (Å²) < 4.78 is 0. The van der Waals surface area contributed by atoms with Crippen molar-refractivity contribution in [2.45, 2.75) is 13.3 Å². The summed E-state index contributed by atoms with van der Waals surface area (Å²) in [5.41, 5.74) is 1.81. The summed E-state index contributed by atoms with van der Waals surface area (Å²) >= 11 is 0. The van der Waals surface area contributed by atoms with E-state index < -0.39 is 5.97 Å². The largest absolute Gasteiger partial charge is 0.478 e. The summed E-state index contributed by atoms with van der Waals surface area (Å²) in [5.74, 6) is -1.35. The van der Waals surface area contributed by atoms with E-state index in [0.29, 0.717) is 12.2 Å². The lowest BCUT2D eigenvalue weighted by Crippen LogP contribution is -2.27. The minimum Gasteiger partial charge on any atom is -0.478 e. The minimum atomic E-state index is -1.05. The number of carboxylic acid groups (broad SMARTS) is 1. The smallest absolute Gasteiger partial charge is 0.337 e. The number of aromatic carboxylic acids is 1. The summed E-state index contributed by atoms with van der Waals surface area (Å²) in [5, 5.41) is 11.7. The van der Waals surface area contributed by atoms with E-state index in [1.165, 1.54) is 12.1 Å². The van der Waals surface area contributed by atoms with Crippen molar-refractivity contribution in [1.29, 1.82) is 0 Å². The molecule has 2 rings (SSSR count). The van der Waals surface area contributed by atoms with E-state index in [9.17, 15) is 9.59 Å². The molecule has 0 radical (unpaired) electrons. The number of carboxylic acids is 1. The van der Waals surface area contributed by atoms with Crippen LogP contribution in [0.25, 0.3) is 0 Å². The minimum absolute atomic E-state index is 0.107. The molecule has 108 valence electrons. The van der Waals surface area contributed by atoms with Crippen molar-refractivity contribution < 1.29 is 14.7 Å².